The number of rotatable bonds is 9. The van der Waals surface area contributed by atoms with Gasteiger partial charge in [-0.05, 0) is 42.3 Å². The second-order valence-corrected chi connectivity index (χ2v) is 10.8. The Hall–Kier alpha value is -3.69. The van der Waals surface area contributed by atoms with Crippen molar-refractivity contribution in [3.05, 3.63) is 101 Å². The van der Waals surface area contributed by atoms with Gasteiger partial charge >= 0.3 is 0 Å². The summed E-state index contributed by atoms with van der Waals surface area (Å²) in [7, 11) is -4.20. The van der Waals surface area contributed by atoms with Gasteiger partial charge in [-0.15, -0.1) is 0 Å². The Morgan fingerprint density at radius 3 is 2.32 bits per heavy atom. The Kier molecular flexibility index (Phi) is 7.94. The highest BCUT2D eigenvalue weighted by molar-refractivity contribution is 7.90. The highest BCUT2D eigenvalue weighted by atomic mass is 35.5. The van der Waals surface area contributed by atoms with E-state index in [0.717, 1.165) is 5.56 Å². The zero-order chi connectivity index (χ0) is 26.6. The van der Waals surface area contributed by atoms with E-state index in [1.165, 1.54) is 23.1 Å². The maximum Gasteiger partial charge on any atom is 0.269 e. The zero-order valence-corrected chi connectivity index (χ0v) is 21.7. The first kappa shape index (κ1) is 26.4. The minimum Gasteiger partial charge on any atom is -0.355 e. The molecule has 1 aliphatic rings. The van der Waals surface area contributed by atoms with Crippen molar-refractivity contribution in [2.24, 2.45) is 0 Å². The number of nitrogens with one attached hydrogen (secondary N) is 1. The van der Waals surface area contributed by atoms with Crippen molar-refractivity contribution in [2.45, 2.75) is 30.8 Å². The molecule has 0 saturated carbocycles. The predicted molar refractivity (Wildman–Crippen MR) is 139 cm³/mol. The lowest BCUT2D eigenvalue weighted by Crippen LogP contribution is -2.53. The second-order valence-electron chi connectivity index (χ2n) is 8.56. The average Bonchev–Trinajstić information content (AvgIpc) is 3.07. The van der Waals surface area contributed by atoms with Crippen LogP contribution in [0.15, 0.2) is 83.8 Å². The summed E-state index contributed by atoms with van der Waals surface area (Å²) < 4.78 is 26.8. The van der Waals surface area contributed by atoms with Crippen LogP contribution in [0.25, 0.3) is 0 Å². The molecule has 1 N–H and O–H groups in total. The quantitative estimate of drug-likeness (QED) is 0.449. The molecule has 4 rings (SSSR count). The third kappa shape index (κ3) is 5.68. The van der Waals surface area contributed by atoms with Crippen LogP contribution in [-0.2, 0) is 32.6 Å². The highest BCUT2D eigenvalue weighted by Gasteiger charge is 2.43. The number of halogens is 1. The Balaban J connectivity index is 1.71. The normalized spacial score (nSPS) is 14.6. The SMILES string of the molecule is CCNC(=O)[C@H](Cc1ccccc1)N(Cc1cccc(Cl)c1)C(=O)CN1C(=O)c2ccccc2S1(=O)=O. The van der Waals surface area contributed by atoms with E-state index >= 15 is 0 Å². The maximum absolute atomic E-state index is 13.8. The van der Waals surface area contributed by atoms with E-state index in [1.807, 2.05) is 30.3 Å². The van der Waals surface area contributed by atoms with E-state index in [2.05, 4.69) is 5.32 Å². The van der Waals surface area contributed by atoms with E-state index in [0.29, 0.717) is 21.4 Å². The van der Waals surface area contributed by atoms with E-state index in [4.69, 9.17) is 11.6 Å². The fraction of sp³-hybridized carbons (Fsp3) is 0.222. The standard InChI is InChI=1S/C27H26ClN3O5S/c1-2-29-26(33)23(16-19-9-4-3-5-10-19)30(17-20-11-8-12-21(28)15-20)25(32)18-31-27(34)22-13-6-7-14-24(22)37(31,35)36/h3-15,23H,2,16-18H2,1H3,(H,29,33)/t23-/m0/s1. The Labute approximate surface area is 220 Å². The molecule has 10 heteroatoms. The van der Waals surface area contributed by atoms with Gasteiger partial charge in [0.2, 0.25) is 11.8 Å². The van der Waals surface area contributed by atoms with Gasteiger partial charge in [0.15, 0.2) is 0 Å². The first-order valence-corrected chi connectivity index (χ1v) is 13.6. The smallest absolute Gasteiger partial charge is 0.269 e. The molecule has 37 heavy (non-hydrogen) atoms. The molecule has 192 valence electrons. The van der Waals surface area contributed by atoms with Crippen LogP contribution < -0.4 is 5.32 Å². The lowest BCUT2D eigenvalue weighted by molar-refractivity contribution is -0.141. The molecule has 0 radical (unpaired) electrons. The maximum atomic E-state index is 13.8. The number of fused-ring (bicyclic) bond motifs is 1. The van der Waals surface area contributed by atoms with Crippen LogP contribution in [0.3, 0.4) is 0 Å². The van der Waals surface area contributed by atoms with Crippen molar-refractivity contribution in [1.29, 1.82) is 0 Å². The molecule has 0 fully saturated rings. The number of likely N-dealkylation sites (N-methyl/N-ethyl adjacent to an activating group) is 1. The number of carbonyl (C=O) groups is 3. The van der Waals surface area contributed by atoms with E-state index < -0.39 is 34.4 Å². The summed E-state index contributed by atoms with van der Waals surface area (Å²) in [5.41, 5.74) is 1.49. The first-order chi connectivity index (χ1) is 17.7. The van der Waals surface area contributed by atoms with Crippen LogP contribution >= 0.6 is 11.6 Å². The van der Waals surface area contributed by atoms with Crippen LogP contribution in [0.2, 0.25) is 5.02 Å². The lowest BCUT2D eigenvalue weighted by Gasteiger charge is -2.32. The molecular formula is C27H26ClN3O5S. The third-order valence-electron chi connectivity index (χ3n) is 6.05. The summed E-state index contributed by atoms with van der Waals surface area (Å²) in [6, 6.07) is 20.9. The molecule has 0 bridgehead atoms. The minimum absolute atomic E-state index is 0.0109. The molecule has 1 aliphatic heterocycles. The molecule has 0 aliphatic carbocycles. The monoisotopic (exact) mass is 539 g/mol. The lowest BCUT2D eigenvalue weighted by atomic mass is 10.0. The summed E-state index contributed by atoms with van der Waals surface area (Å²) >= 11 is 6.16. The Morgan fingerprint density at radius 2 is 1.65 bits per heavy atom. The number of carbonyl (C=O) groups excluding carboxylic acids is 3. The van der Waals surface area contributed by atoms with Crippen molar-refractivity contribution in [1.82, 2.24) is 14.5 Å². The van der Waals surface area contributed by atoms with E-state index in [9.17, 15) is 22.8 Å². The van der Waals surface area contributed by atoms with Gasteiger partial charge in [0.25, 0.3) is 15.9 Å². The first-order valence-electron chi connectivity index (χ1n) is 11.7. The molecule has 3 aromatic rings. The van der Waals surface area contributed by atoms with Gasteiger partial charge in [0.05, 0.1) is 5.56 Å². The van der Waals surface area contributed by atoms with E-state index in [1.54, 1.807) is 37.3 Å². The van der Waals surface area contributed by atoms with Crippen LogP contribution in [0.4, 0.5) is 0 Å². The number of amides is 3. The van der Waals surface area contributed by atoms with Gasteiger partial charge in [-0.1, -0.05) is 66.2 Å². The van der Waals surface area contributed by atoms with Gasteiger partial charge in [0, 0.05) is 24.5 Å². The summed E-state index contributed by atoms with van der Waals surface area (Å²) in [5.74, 6) is -1.85. The largest absolute Gasteiger partial charge is 0.355 e. The minimum atomic E-state index is -4.20. The second kappa shape index (κ2) is 11.1. The molecule has 0 unspecified atom stereocenters. The Morgan fingerprint density at radius 1 is 0.973 bits per heavy atom. The van der Waals surface area contributed by atoms with Gasteiger partial charge in [-0.3, -0.25) is 14.4 Å². The molecular weight excluding hydrogens is 514 g/mol. The summed E-state index contributed by atoms with van der Waals surface area (Å²) in [4.78, 5) is 41.1. The number of nitrogens with zero attached hydrogens (tertiary/aromatic N) is 2. The summed E-state index contributed by atoms with van der Waals surface area (Å²) in [5, 5.41) is 3.23. The molecule has 1 heterocycles. The zero-order valence-electron chi connectivity index (χ0n) is 20.1. The molecule has 3 aromatic carbocycles. The van der Waals surface area contributed by atoms with Crippen molar-refractivity contribution in [3.63, 3.8) is 0 Å². The number of benzene rings is 3. The average molecular weight is 540 g/mol. The van der Waals surface area contributed by atoms with Crippen LogP contribution in [0.1, 0.15) is 28.4 Å². The van der Waals surface area contributed by atoms with Crippen LogP contribution in [0.5, 0.6) is 0 Å². The molecule has 0 saturated heterocycles. The van der Waals surface area contributed by atoms with Crippen molar-refractivity contribution in [2.75, 3.05) is 13.1 Å². The molecule has 1 atom stereocenters. The molecule has 0 spiro atoms. The van der Waals surface area contributed by atoms with Crippen LogP contribution in [-0.4, -0.2) is 54.5 Å². The molecule has 0 aromatic heterocycles. The summed E-state index contributed by atoms with van der Waals surface area (Å²) in [6.07, 6.45) is 0.194. The molecule has 3 amide bonds. The van der Waals surface area contributed by atoms with Crippen LogP contribution in [0, 0.1) is 0 Å². The third-order valence-corrected chi connectivity index (χ3v) is 8.08. The van der Waals surface area contributed by atoms with E-state index in [-0.39, 0.29) is 29.3 Å². The highest BCUT2D eigenvalue weighted by Crippen LogP contribution is 2.30. The van der Waals surface area contributed by atoms with Gasteiger partial charge < -0.3 is 10.2 Å². The molecule has 8 nitrogen and oxygen atoms in total. The van der Waals surface area contributed by atoms with Crippen molar-refractivity contribution < 1.29 is 22.8 Å². The Bertz CT molecular complexity index is 1430. The van der Waals surface area contributed by atoms with Gasteiger partial charge in [0.1, 0.15) is 17.5 Å². The fourth-order valence-corrected chi connectivity index (χ4v) is 6.01. The fourth-order valence-electron chi connectivity index (χ4n) is 4.28. The topological polar surface area (TPSA) is 104 Å². The van der Waals surface area contributed by atoms with Gasteiger partial charge in [-0.2, -0.15) is 0 Å². The van der Waals surface area contributed by atoms with Gasteiger partial charge in [-0.25, -0.2) is 12.7 Å². The number of hydrogen-bond donors (Lipinski definition) is 1. The number of hydrogen-bond acceptors (Lipinski definition) is 5. The predicted octanol–water partition coefficient (Wildman–Crippen LogP) is 3.26. The van der Waals surface area contributed by atoms with Crippen molar-refractivity contribution >= 4 is 39.3 Å². The number of sulfonamides is 1. The summed E-state index contributed by atoms with van der Waals surface area (Å²) in [6.45, 7) is 1.37. The van der Waals surface area contributed by atoms with Crippen molar-refractivity contribution in [3.8, 4) is 0 Å².